The smallest absolute Gasteiger partial charge is 0.233 e. The number of benzene rings is 1. The molecule has 0 atom stereocenters. The van der Waals surface area contributed by atoms with Crippen LogP contribution in [0.1, 0.15) is 5.56 Å². The lowest BCUT2D eigenvalue weighted by molar-refractivity contribution is 0.962. The Morgan fingerprint density at radius 2 is 1.68 bits per heavy atom. The molecule has 0 saturated heterocycles. The molecule has 0 saturated carbocycles. The molecule has 0 bridgehead atoms. The van der Waals surface area contributed by atoms with Gasteiger partial charge in [0.1, 0.15) is 0 Å². The first-order valence-corrected chi connectivity index (χ1v) is 6.04. The maximum atomic E-state index is 4.37. The molecule has 0 spiro atoms. The third-order valence-corrected chi connectivity index (χ3v) is 2.64. The van der Waals surface area contributed by atoms with Gasteiger partial charge in [-0.15, -0.1) is 0 Å². The molecule has 100 valence electrons. The quantitative estimate of drug-likeness (QED) is 0.874. The van der Waals surface area contributed by atoms with Crippen LogP contribution in [0, 0.1) is 6.92 Å². The number of nitrogens with zero attached hydrogens (tertiary/aromatic N) is 4. The van der Waals surface area contributed by atoms with Crippen molar-refractivity contribution in [2.75, 3.05) is 36.7 Å². The zero-order valence-corrected chi connectivity index (χ0v) is 11.6. The van der Waals surface area contributed by atoms with Gasteiger partial charge in [-0.2, -0.15) is 15.0 Å². The molecule has 19 heavy (non-hydrogen) atoms. The molecule has 0 fully saturated rings. The van der Waals surface area contributed by atoms with Crippen molar-refractivity contribution < 1.29 is 0 Å². The van der Waals surface area contributed by atoms with Crippen molar-refractivity contribution in [3.8, 4) is 0 Å². The van der Waals surface area contributed by atoms with E-state index in [1.165, 1.54) is 0 Å². The number of hydrogen-bond donors (Lipinski definition) is 2. The van der Waals surface area contributed by atoms with E-state index >= 15 is 0 Å². The number of aryl methyl sites for hydroxylation is 1. The van der Waals surface area contributed by atoms with E-state index in [-0.39, 0.29) is 0 Å². The average molecular weight is 258 g/mol. The summed E-state index contributed by atoms with van der Waals surface area (Å²) in [6.45, 7) is 2.04. The van der Waals surface area contributed by atoms with Crippen LogP contribution in [-0.2, 0) is 0 Å². The van der Waals surface area contributed by atoms with Gasteiger partial charge in [0.2, 0.25) is 17.8 Å². The van der Waals surface area contributed by atoms with Gasteiger partial charge in [-0.1, -0.05) is 18.2 Å². The Labute approximate surface area is 112 Å². The molecular formula is C13H18N6. The molecule has 0 unspecified atom stereocenters. The predicted molar refractivity (Wildman–Crippen MR) is 78.2 cm³/mol. The third kappa shape index (κ3) is 3.09. The Morgan fingerprint density at radius 3 is 2.32 bits per heavy atom. The Morgan fingerprint density at radius 1 is 1.00 bits per heavy atom. The van der Waals surface area contributed by atoms with E-state index in [1.807, 2.05) is 50.2 Å². The van der Waals surface area contributed by atoms with Crippen molar-refractivity contribution in [3.05, 3.63) is 29.8 Å². The van der Waals surface area contributed by atoms with Gasteiger partial charge in [0, 0.05) is 26.8 Å². The summed E-state index contributed by atoms with van der Waals surface area (Å²) in [4.78, 5) is 14.8. The van der Waals surface area contributed by atoms with Gasteiger partial charge in [0.15, 0.2) is 0 Å². The number of rotatable bonds is 4. The molecule has 0 amide bonds. The lowest BCUT2D eigenvalue weighted by Gasteiger charge is -2.14. The van der Waals surface area contributed by atoms with Crippen LogP contribution in [0.4, 0.5) is 23.5 Å². The molecule has 0 radical (unpaired) electrons. The maximum Gasteiger partial charge on any atom is 0.233 e. The molecule has 0 aliphatic carbocycles. The minimum absolute atomic E-state index is 0.525. The van der Waals surface area contributed by atoms with Gasteiger partial charge in [0.05, 0.1) is 0 Å². The molecule has 2 rings (SSSR count). The summed E-state index contributed by atoms with van der Waals surface area (Å²) < 4.78 is 0. The van der Waals surface area contributed by atoms with Crippen molar-refractivity contribution in [1.29, 1.82) is 0 Å². The normalized spacial score (nSPS) is 10.1. The van der Waals surface area contributed by atoms with Crippen LogP contribution in [-0.4, -0.2) is 36.1 Å². The fourth-order valence-corrected chi connectivity index (χ4v) is 1.57. The molecule has 1 aromatic heterocycles. The maximum absolute atomic E-state index is 4.37. The van der Waals surface area contributed by atoms with Crippen LogP contribution in [0.15, 0.2) is 24.3 Å². The molecule has 1 aromatic carbocycles. The zero-order valence-electron chi connectivity index (χ0n) is 11.6. The van der Waals surface area contributed by atoms with Crippen LogP contribution < -0.4 is 15.5 Å². The average Bonchev–Trinajstić information content (AvgIpc) is 2.41. The van der Waals surface area contributed by atoms with Crippen molar-refractivity contribution in [2.45, 2.75) is 6.92 Å². The second-order valence-electron chi connectivity index (χ2n) is 4.37. The molecule has 6 nitrogen and oxygen atoms in total. The van der Waals surface area contributed by atoms with Crippen LogP contribution >= 0.6 is 0 Å². The first kappa shape index (κ1) is 13.1. The number of aromatic nitrogens is 3. The molecular weight excluding hydrogens is 240 g/mol. The molecule has 0 aliphatic heterocycles. The Hall–Kier alpha value is -2.37. The van der Waals surface area contributed by atoms with E-state index in [1.54, 1.807) is 7.05 Å². The number of anilines is 4. The van der Waals surface area contributed by atoms with Crippen LogP contribution in [0.25, 0.3) is 0 Å². The fourth-order valence-electron chi connectivity index (χ4n) is 1.57. The lowest BCUT2D eigenvalue weighted by Crippen LogP contribution is -2.15. The molecule has 2 N–H and O–H groups in total. The summed E-state index contributed by atoms with van der Waals surface area (Å²) in [5, 5.41) is 6.15. The van der Waals surface area contributed by atoms with E-state index < -0.39 is 0 Å². The van der Waals surface area contributed by atoms with Gasteiger partial charge in [-0.05, 0) is 18.6 Å². The predicted octanol–water partition coefficient (Wildman–Crippen LogP) is 2.03. The SMILES string of the molecule is CNc1nc(Nc2ccccc2C)nc(N(C)C)n1. The van der Waals surface area contributed by atoms with Gasteiger partial charge < -0.3 is 15.5 Å². The van der Waals surface area contributed by atoms with E-state index in [2.05, 4.69) is 25.6 Å². The van der Waals surface area contributed by atoms with Gasteiger partial charge in [-0.25, -0.2) is 0 Å². The largest absolute Gasteiger partial charge is 0.357 e. The van der Waals surface area contributed by atoms with Crippen LogP contribution in [0.5, 0.6) is 0 Å². The Bertz CT molecular complexity index is 567. The van der Waals surface area contributed by atoms with Crippen molar-refractivity contribution >= 4 is 23.5 Å². The summed E-state index contributed by atoms with van der Waals surface area (Å²) in [6, 6.07) is 8.00. The highest BCUT2D eigenvalue weighted by molar-refractivity contribution is 5.59. The number of para-hydroxylation sites is 1. The van der Waals surface area contributed by atoms with E-state index in [4.69, 9.17) is 0 Å². The lowest BCUT2D eigenvalue weighted by atomic mass is 10.2. The monoisotopic (exact) mass is 258 g/mol. The highest BCUT2D eigenvalue weighted by Crippen LogP contribution is 2.19. The van der Waals surface area contributed by atoms with Crippen LogP contribution in [0.2, 0.25) is 0 Å². The molecule has 0 aliphatic rings. The Kier molecular flexibility index (Phi) is 3.79. The van der Waals surface area contributed by atoms with Gasteiger partial charge >= 0.3 is 0 Å². The highest BCUT2D eigenvalue weighted by Gasteiger charge is 2.08. The van der Waals surface area contributed by atoms with Crippen molar-refractivity contribution in [1.82, 2.24) is 15.0 Å². The van der Waals surface area contributed by atoms with Gasteiger partial charge in [-0.3, -0.25) is 0 Å². The van der Waals surface area contributed by atoms with Gasteiger partial charge in [0.25, 0.3) is 0 Å². The fraction of sp³-hybridized carbons (Fsp3) is 0.308. The summed E-state index contributed by atoms with van der Waals surface area (Å²) >= 11 is 0. The zero-order chi connectivity index (χ0) is 13.8. The highest BCUT2D eigenvalue weighted by atomic mass is 15.3. The van der Waals surface area contributed by atoms with Crippen molar-refractivity contribution in [2.24, 2.45) is 0 Å². The minimum Gasteiger partial charge on any atom is -0.357 e. The van der Waals surface area contributed by atoms with E-state index in [9.17, 15) is 0 Å². The number of hydrogen-bond acceptors (Lipinski definition) is 6. The molecule has 2 aromatic rings. The summed E-state index contributed by atoms with van der Waals surface area (Å²) in [5.41, 5.74) is 2.13. The second kappa shape index (κ2) is 5.51. The topological polar surface area (TPSA) is 66.0 Å². The summed E-state index contributed by atoms with van der Waals surface area (Å²) in [6.07, 6.45) is 0. The first-order valence-electron chi connectivity index (χ1n) is 6.04. The summed E-state index contributed by atoms with van der Waals surface area (Å²) in [7, 11) is 5.57. The molecule has 1 heterocycles. The van der Waals surface area contributed by atoms with E-state index in [0.29, 0.717) is 17.8 Å². The molecule has 6 heteroatoms. The standard InChI is InChI=1S/C13H18N6/c1-9-7-5-6-8-10(9)15-12-16-11(14-2)17-13(18-12)19(3)4/h5-8H,1-4H3,(H2,14,15,16,17,18). The second-order valence-corrected chi connectivity index (χ2v) is 4.37. The minimum atomic E-state index is 0.525. The Balaban J connectivity index is 2.34. The van der Waals surface area contributed by atoms with Crippen LogP contribution in [0.3, 0.4) is 0 Å². The van der Waals surface area contributed by atoms with E-state index in [0.717, 1.165) is 11.3 Å². The first-order chi connectivity index (χ1) is 9.10. The third-order valence-electron chi connectivity index (χ3n) is 2.64. The van der Waals surface area contributed by atoms with Crippen molar-refractivity contribution in [3.63, 3.8) is 0 Å². The number of nitrogens with one attached hydrogen (secondary N) is 2. The summed E-state index contributed by atoms with van der Waals surface area (Å²) in [5.74, 6) is 1.67.